The molecule has 0 saturated heterocycles. The molecule has 0 spiro atoms. The fraction of sp³-hybridized carbons (Fsp3) is 0.556. The fourth-order valence-electron chi connectivity index (χ4n) is 0.787. The maximum Gasteiger partial charge on any atom is 0.328 e. The Kier molecular flexibility index (Phi) is 6.76. The van der Waals surface area contributed by atoms with Crippen LogP contribution >= 0.6 is 0 Å². The van der Waals surface area contributed by atoms with E-state index in [9.17, 15) is 9.59 Å². The van der Waals surface area contributed by atoms with Gasteiger partial charge in [-0.2, -0.15) is 0 Å². The van der Waals surface area contributed by atoms with Gasteiger partial charge in [-0.05, 0) is 6.42 Å². The Morgan fingerprint density at radius 2 is 2.13 bits per heavy atom. The molecule has 0 unspecified atom stereocenters. The number of terminal acetylenes is 1. The first-order chi connectivity index (χ1) is 7.11. The second-order valence-electron chi connectivity index (χ2n) is 2.78. The first-order valence-corrected chi connectivity index (χ1v) is 4.43. The summed E-state index contributed by atoms with van der Waals surface area (Å²) in [6.07, 6.45) is 6.17. The summed E-state index contributed by atoms with van der Waals surface area (Å²) in [5.41, 5.74) is 0. The molecule has 0 aliphatic rings. The third kappa shape index (κ3) is 6.35. The minimum absolute atomic E-state index is 0.369. The number of amides is 2. The summed E-state index contributed by atoms with van der Waals surface area (Å²) in [7, 11) is 0. The molecule has 0 aliphatic heterocycles. The predicted molar refractivity (Wildman–Crippen MR) is 53.1 cm³/mol. The lowest BCUT2D eigenvalue weighted by molar-refractivity contribution is -0.140. The largest absolute Gasteiger partial charge is 0.480 e. The van der Waals surface area contributed by atoms with Crippen LogP contribution in [-0.2, 0) is 4.79 Å². The zero-order chi connectivity index (χ0) is 11.7. The van der Waals surface area contributed by atoms with E-state index in [0.29, 0.717) is 19.4 Å². The Morgan fingerprint density at radius 3 is 2.60 bits per heavy atom. The molecule has 0 rings (SSSR count). The number of hydrogen-bond acceptors (Lipinski definition) is 3. The number of nitrogens with one attached hydrogen (secondary N) is 2. The molecular formula is C9H14N2O4. The Balaban J connectivity index is 3.73. The van der Waals surface area contributed by atoms with Gasteiger partial charge in [-0.1, -0.05) is 0 Å². The second kappa shape index (κ2) is 7.64. The second-order valence-corrected chi connectivity index (χ2v) is 2.78. The van der Waals surface area contributed by atoms with Crippen LogP contribution in [0.5, 0.6) is 0 Å². The topological polar surface area (TPSA) is 98.7 Å². The van der Waals surface area contributed by atoms with Gasteiger partial charge in [0.05, 0.1) is 6.61 Å². The van der Waals surface area contributed by atoms with Crippen molar-refractivity contribution in [2.45, 2.75) is 18.9 Å². The number of carbonyl (C=O) groups is 2. The monoisotopic (exact) mass is 214 g/mol. The molecule has 0 fully saturated rings. The Morgan fingerprint density at radius 1 is 1.47 bits per heavy atom. The molecular weight excluding hydrogens is 200 g/mol. The van der Waals surface area contributed by atoms with Crippen LogP contribution in [0.3, 0.4) is 0 Å². The van der Waals surface area contributed by atoms with Gasteiger partial charge in [-0.3, -0.25) is 0 Å². The average molecular weight is 214 g/mol. The predicted octanol–water partition coefficient (Wildman–Crippen LogP) is -0.856. The van der Waals surface area contributed by atoms with E-state index >= 15 is 0 Å². The molecule has 4 N–H and O–H groups in total. The quantitative estimate of drug-likeness (QED) is 0.341. The van der Waals surface area contributed by atoms with Crippen LogP contribution in [0.15, 0.2) is 0 Å². The zero-order valence-electron chi connectivity index (χ0n) is 8.19. The number of carboxylic acids is 1. The minimum atomic E-state index is -1.28. The summed E-state index contributed by atoms with van der Waals surface area (Å²) < 4.78 is 0. The Hall–Kier alpha value is -1.74. The summed E-state index contributed by atoms with van der Waals surface area (Å²) in [4.78, 5) is 21.4. The molecule has 84 valence electrons. The normalized spacial score (nSPS) is 11.2. The van der Waals surface area contributed by atoms with Gasteiger partial charge >= 0.3 is 12.0 Å². The summed E-state index contributed by atoms with van der Waals surface area (Å²) >= 11 is 0. The highest BCUT2D eigenvalue weighted by Crippen LogP contribution is 1.85. The van der Waals surface area contributed by atoms with Gasteiger partial charge in [0.15, 0.2) is 6.04 Å². The van der Waals surface area contributed by atoms with E-state index in [0.717, 1.165) is 0 Å². The van der Waals surface area contributed by atoms with E-state index in [1.54, 1.807) is 0 Å². The molecule has 0 aromatic rings. The van der Waals surface area contributed by atoms with Crippen molar-refractivity contribution in [1.29, 1.82) is 0 Å². The Labute approximate surface area is 87.7 Å². The number of aliphatic hydroxyl groups is 1. The summed E-state index contributed by atoms with van der Waals surface area (Å²) in [5, 5.41) is 21.6. The van der Waals surface area contributed by atoms with Crippen molar-refractivity contribution in [1.82, 2.24) is 10.6 Å². The molecule has 6 nitrogen and oxygen atoms in total. The molecule has 0 aromatic heterocycles. The number of carbonyl (C=O) groups excluding carboxylic acids is 1. The third-order valence-electron chi connectivity index (χ3n) is 1.57. The highest BCUT2D eigenvalue weighted by Gasteiger charge is 2.17. The summed E-state index contributed by atoms with van der Waals surface area (Å²) in [6.45, 7) is -0.277. The van der Waals surface area contributed by atoms with Crippen LogP contribution in [0.1, 0.15) is 12.8 Å². The van der Waals surface area contributed by atoms with Gasteiger partial charge in [0.1, 0.15) is 0 Å². The van der Waals surface area contributed by atoms with Crippen LogP contribution in [-0.4, -0.2) is 41.4 Å². The summed E-state index contributed by atoms with van der Waals surface area (Å²) in [6, 6.07) is -1.91. The molecule has 2 amide bonds. The summed E-state index contributed by atoms with van der Waals surface area (Å²) in [5.74, 6) is 1.12. The number of rotatable bonds is 6. The molecule has 0 aliphatic carbocycles. The van der Waals surface area contributed by atoms with Crippen molar-refractivity contribution in [2.75, 3.05) is 13.2 Å². The molecule has 0 bridgehead atoms. The molecule has 0 saturated carbocycles. The van der Waals surface area contributed by atoms with E-state index in [4.69, 9.17) is 16.6 Å². The third-order valence-corrected chi connectivity index (χ3v) is 1.57. The van der Waals surface area contributed by atoms with Gasteiger partial charge in [0.2, 0.25) is 0 Å². The zero-order valence-corrected chi connectivity index (χ0v) is 8.19. The average Bonchev–Trinajstić information content (AvgIpc) is 2.20. The van der Waals surface area contributed by atoms with Crippen LogP contribution < -0.4 is 10.6 Å². The van der Waals surface area contributed by atoms with Gasteiger partial charge in [0, 0.05) is 13.0 Å². The van der Waals surface area contributed by atoms with E-state index in [2.05, 4.69) is 16.6 Å². The number of aliphatic carboxylic acids is 1. The standard InChI is InChI=1S/C9H14N2O4/c1-2-3-4-5-10-9(15)11-7(6-12)8(13)14/h1,7,12H,3-6H2,(H,13,14)(H2,10,11,15)/t7-/m0/s1. The van der Waals surface area contributed by atoms with Gasteiger partial charge < -0.3 is 20.8 Å². The van der Waals surface area contributed by atoms with E-state index in [1.165, 1.54) is 0 Å². The number of hydrogen-bond donors (Lipinski definition) is 4. The number of urea groups is 1. The number of carboxylic acid groups (broad SMARTS) is 1. The van der Waals surface area contributed by atoms with Crippen molar-refractivity contribution in [3.63, 3.8) is 0 Å². The van der Waals surface area contributed by atoms with Crippen LogP contribution in [0.2, 0.25) is 0 Å². The van der Waals surface area contributed by atoms with Crippen molar-refractivity contribution in [3.8, 4) is 12.3 Å². The smallest absolute Gasteiger partial charge is 0.328 e. The van der Waals surface area contributed by atoms with Crippen LogP contribution in [0.25, 0.3) is 0 Å². The highest BCUT2D eigenvalue weighted by atomic mass is 16.4. The molecule has 0 aromatic carbocycles. The number of aliphatic hydroxyl groups excluding tert-OH is 1. The van der Waals surface area contributed by atoms with E-state index in [-0.39, 0.29) is 0 Å². The highest BCUT2D eigenvalue weighted by molar-refractivity contribution is 5.82. The van der Waals surface area contributed by atoms with Crippen molar-refractivity contribution in [2.24, 2.45) is 0 Å². The van der Waals surface area contributed by atoms with Crippen LogP contribution in [0, 0.1) is 12.3 Å². The van der Waals surface area contributed by atoms with Gasteiger partial charge in [0.25, 0.3) is 0 Å². The molecule has 6 heteroatoms. The van der Waals surface area contributed by atoms with E-state index < -0.39 is 24.6 Å². The first-order valence-electron chi connectivity index (χ1n) is 4.43. The fourth-order valence-corrected chi connectivity index (χ4v) is 0.787. The lowest BCUT2D eigenvalue weighted by Gasteiger charge is -2.12. The first kappa shape index (κ1) is 13.3. The maximum atomic E-state index is 11.0. The van der Waals surface area contributed by atoms with Gasteiger partial charge in [-0.15, -0.1) is 12.3 Å². The molecule has 15 heavy (non-hydrogen) atoms. The molecule has 1 atom stereocenters. The SMILES string of the molecule is C#CCCCNC(=O)N[C@@H](CO)C(=O)O. The minimum Gasteiger partial charge on any atom is -0.480 e. The van der Waals surface area contributed by atoms with Gasteiger partial charge in [-0.25, -0.2) is 9.59 Å². The lowest BCUT2D eigenvalue weighted by Crippen LogP contribution is -2.48. The Bertz CT molecular complexity index is 259. The lowest BCUT2D eigenvalue weighted by atomic mass is 10.3. The van der Waals surface area contributed by atoms with E-state index in [1.807, 2.05) is 0 Å². The van der Waals surface area contributed by atoms with Crippen molar-refractivity contribution < 1.29 is 19.8 Å². The molecule has 0 radical (unpaired) electrons. The molecule has 0 heterocycles. The van der Waals surface area contributed by atoms with Crippen molar-refractivity contribution in [3.05, 3.63) is 0 Å². The van der Waals surface area contributed by atoms with Crippen molar-refractivity contribution >= 4 is 12.0 Å². The number of unbranched alkanes of at least 4 members (excludes halogenated alkanes) is 1. The maximum absolute atomic E-state index is 11.0. The van der Waals surface area contributed by atoms with Crippen LogP contribution in [0.4, 0.5) is 4.79 Å².